The summed E-state index contributed by atoms with van der Waals surface area (Å²) in [7, 11) is -3.79. The molecule has 25 heavy (non-hydrogen) atoms. The molecular formula is C15H20ClF2NO5S. The van der Waals surface area contributed by atoms with Gasteiger partial charge in [-0.1, -0.05) is 11.6 Å². The van der Waals surface area contributed by atoms with Crippen LogP contribution in [0.25, 0.3) is 0 Å². The highest BCUT2D eigenvalue weighted by Crippen LogP contribution is 2.28. The summed E-state index contributed by atoms with van der Waals surface area (Å²) in [5.41, 5.74) is 0. The van der Waals surface area contributed by atoms with E-state index in [9.17, 15) is 17.2 Å². The van der Waals surface area contributed by atoms with Gasteiger partial charge >= 0.3 is 6.61 Å². The Labute approximate surface area is 150 Å². The quantitative estimate of drug-likeness (QED) is 0.612. The molecule has 0 saturated carbocycles. The summed E-state index contributed by atoms with van der Waals surface area (Å²) in [6.07, 6.45) is 2.65. The van der Waals surface area contributed by atoms with Gasteiger partial charge in [0.15, 0.2) is 0 Å². The van der Waals surface area contributed by atoms with Gasteiger partial charge in [0.1, 0.15) is 5.75 Å². The van der Waals surface area contributed by atoms with Crippen molar-refractivity contribution in [1.29, 1.82) is 0 Å². The van der Waals surface area contributed by atoms with E-state index in [0.29, 0.717) is 19.6 Å². The summed E-state index contributed by atoms with van der Waals surface area (Å²) in [5, 5.41) is -0.205. The number of halogens is 3. The van der Waals surface area contributed by atoms with Crippen molar-refractivity contribution >= 4 is 21.6 Å². The Morgan fingerprint density at radius 3 is 2.84 bits per heavy atom. The maximum atomic E-state index is 12.2. The van der Waals surface area contributed by atoms with Crippen LogP contribution >= 0.6 is 11.6 Å². The molecule has 2 rings (SSSR count). The summed E-state index contributed by atoms with van der Waals surface area (Å²) in [5.74, 6) is -0.279. The summed E-state index contributed by atoms with van der Waals surface area (Å²) < 4.78 is 66.1. The van der Waals surface area contributed by atoms with Crippen molar-refractivity contribution in [1.82, 2.24) is 4.72 Å². The van der Waals surface area contributed by atoms with Gasteiger partial charge in [-0.25, -0.2) is 13.1 Å². The van der Waals surface area contributed by atoms with Gasteiger partial charge in [0, 0.05) is 19.8 Å². The van der Waals surface area contributed by atoms with Crippen LogP contribution in [0.2, 0.25) is 5.02 Å². The highest BCUT2D eigenvalue weighted by Gasteiger charge is 2.17. The standard InChI is InChI=1S/C15H20ClF2NO5S/c16-13-9-12(4-5-14(13)24-15(17)18)25(20,21)19-6-2-7-22-10-11-3-1-8-23-11/h4-5,9,11,15,19H,1-3,6-8,10H2. The van der Waals surface area contributed by atoms with Crippen molar-refractivity contribution in [2.24, 2.45) is 0 Å². The summed E-state index contributed by atoms with van der Waals surface area (Å²) >= 11 is 5.76. The van der Waals surface area contributed by atoms with Gasteiger partial charge in [-0.15, -0.1) is 0 Å². The minimum atomic E-state index is -3.79. The van der Waals surface area contributed by atoms with Crippen molar-refractivity contribution in [2.75, 3.05) is 26.4 Å². The molecule has 0 radical (unpaired) electrons. The molecule has 0 spiro atoms. The predicted molar refractivity (Wildman–Crippen MR) is 87.7 cm³/mol. The monoisotopic (exact) mass is 399 g/mol. The Hall–Kier alpha value is -1.00. The van der Waals surface area contributed by atoms with E-state index in [2.05, 4.69) is 9.46 Å². The molecule has 1 aliphatic rings. The SMILES string of the molecule is O=S(=O)(NCCCOCC1CCCO1)c1ccc(OC(F)F)c(Cl)c1. The van der Waals surface area contributed by atoms with E-state index in [1.54, 1.807) is 0 Å². The zero-order valence-corrected chi connectivity index (χ0v) is 15.0. The third kappa shape index (κ3) is 6.67. The molecular weight excluding hydrogens is 380 g/mol. The van der Waals surface area contributed by atoms with Crippen LogP contribution in [0.4, 0.5) is 8.78 Å². The Morgan fingerprint density at radius 2 is 2.20 bits per heavy atom. The average molecular weight is 400 g/mol. The van der Waals surface area contributed by atoms with Crippen LogP contribution in [0.15, 0.2) is 23.1 Å². The van der Waals surface area contributed by atoms with Crippen LogP contribution in [0.3, 0.4) is 0 Å². The van der Waals surface area contributed by atoms with Crippen LogP contribution in [0.1, 0.15) is 19.3 Å². The normalized spacial score (nSPS) is 18.0. The van der Waals surface area contributed by atoms with Gasteiger partial charge in [0.05, 0.1) is 22.6 Å². The van der Waals surface area contributed by atoms with Crippen molar-refractivity contribution in [3.05, 3.63) is 23.2 Å². The molecule has 1 heterocycles. The van der Waals surface area contributed by atoms with Crippen molar-refractivity contribution < 1.29 is 31.4 Å². The third-order valence-electron chi connectivity index (χ3n) is 3.51. The molecule has 0 aromatic heterocycles. The molecule has 1 unspecified atom stereocenters. The number of hydrogen-bond donors (Lipinski definition) is 1. The largest absolute Gasteiger partial charge is 0.433 e. The number of hydrogen-bond acceptors (Lipinski definition) is 5. The molecule has 10 heteroatoms. The number of nitrogens with one attached hydrogen (secondary N) is 1. The first-order valence-corrected chi connectivity index (χ1v) is 9.68. The summed E-state index contributed by atoms with van der Waals surface area (Å²) in [6.45, 7) is -1.18. The molecule has 1 saturated heterocycles. The van der Waals surface area contributed by atoms with Gasteiger partial charge in [0.25, 0.3) is 0 Å². The van der Waals surface area contributed by atoms with Crippen LogP contribution in [-0.2, 0) is 19.5 Å². The van der Waals surface area contributed by atoms with Crippen LogP contribution < -0.4 is 9.46 Å². The molecule has 142 valence electrons. The van der Waals surface area contributed by atoms with Gasteiger partial charge in [0.2, 0.25) is 10.0 Å². The number of sulfonamides is 1. The van der Waals surface area contributed by atoms with Crippen molar-refractivity contribution in [3.63, 3.8) is 0 Å². The Bertz CT molecular complexity index is 653. The zero-order valence-electron chi connectivity index (χ0n) is 13.4. The second-order valence-corrected chi connectivity index (χ2v) is 7.61. The van der Waals surface area contributed by atoms with Crippen molar-refractivity contribution in [3.8, 4) is 5.75 Å². The lowest BCUT2D eigenvalue weighted by atomic mass is 10.2. The smallest absolute Gasteiger partial charge is 0.387 e. The Balaban J connectivity index is 1.75. The summed E-state index contributed by atoms with van der Waals surface area (Å²) in [4.78, 5) is -0.126. The van der Waals surface area contributed by atoms with E-state index in [-0.39, 0.29) is 28.3 Å². The number of rotatable bonds is 10. The van der Waals surface area contributed by atoms with Crippen molar-refractivity contribution in [2.45, 2.75) is 36.9 Å². The number of benzene rings is 1. The van der Waals surface area contributed by atoms with Gasteiger partial charge in [-0.2, -0.15) is 8.78 Å². The molecule has 1 aliphatic heterocycles. The fourth-order valence-corrected chi connectivity index (χ4v) is 3.68. The van der Waals surface area contributed by atoms with Gasteiger partial charge in [-0.05, 0) is 37.5 Å². The summed E-state index contributed by atoms with van der Waals surface area (Å²) in [6, 6.07) is 3.31. The minimum absolute atomic E-state index is 0.126. The molecule has 1 N–H and O–H groups in total. The lowest BCUT2D eigenvalue weighted by Crippen LogP contribution is -2.26. The first-order valence-electron chi connectivity index (χ1n) is 7.82. The van der Waals surface area contributed by atoms with E-state index in [1.165, 1.54) is 0 Å². The highest BCUT2D eigenvalue weighted by molar-refractivity contribution is 7.89. The average Bonchev–Trinajstić information content (AvgIpc) is 3.05. The van der Waals surface area contributed by atoms with Gasteiger partial charge < -0.3 is 14.2 Å². The third-order valence-corrected chi connectivity index (χ3v) is 5.27. The molecule has 0 amide bonds. The molecule has 1 fully saturated rings. The van der Waals surface area contributed by atoms with E-state index < -0.39 is 16.6 Å². The predicted octanol–water partition coefficient (Wildman–Crippen LogP) is 2.81. The number of ether oxygens (including phenoxy) is 3. The maximum absolute atomic E-state index is 12.2. The fourth-order valence-electron chi connectivity index (χ4n) is 2.29. The Morgan fingerprint density at radius 1 is 1.40 bits per heavy atom. The first kappa shape index (κ1) is 20.3. The maximum Gasteiger partial charge on any atom is 0.387 e. The van der Waals surface area contributed by atoms with E-state index >= 15 is 0 Å². The molecule has 1 aromatic rings. The lowest BCUT2D eigenvalue weighted by molar-refractivity contribution is -0.0498. The molecule has 0 bridgehead atoms. The minimum Gasteiger partial charge on any atom is -0.433 e. The molecule has 0 aliphatic carbocycles. The van der Waals surface area contributed by atoms with Crippen LogP contribution in [0, 0.1) is 0 Å². The van der Waals surface area contributed by atoms with Crippen LogP contribution in [0.5, 0.6) is 5.75 Å². The zero-order chi connectivity index (χ0) is 18.3. The van der Waals surface area contributed by atoms with Gasteiger partial charge in [-0.3, -0.25) is 0 Å². The first-order chi connectivity index (χ1) is 11.9. The molecule has 6 nitrogen and oxygen atoms in total. The van der Waals surface area contributed by atoms with E-state index in [0.717, 1.165) is 37.6 Å². The number of alkyl halides is 2. The lowest BCUT2D eigenvalue weighted by Gasteiger charge is -2.11. The molecule has 1 atom stereocenters. The van der Waals surface area contributed by atoms with E-state index in [4.69, 9.17) is 21.1 Å². The van der Waals surface area contributed by atoms with Crippen LogP contribution in [-0.4, -0.2) is 47.5 Å². The highest BCUT2D eigenvalue weighted by atomic mass is 35.5. The molecule has 1 aromatic carbocycles. The second-order valence-electron chi connectivity index (χ2n) is 5.43. The fraction of sp³-hybridized carbons (Fsp3) is 0.600. The Kier molecular flexibility index (Phi) is 7.82. The topological polar surface area (TPSA) is 73.9 Å². The van der Waals surface area contributed by atoms with E-state index in [1.807, 2.05) is 0 Å². The second kappa shape index (κ2) is 9.63.